The molecule has 1 amide bonds. The number of hydrogen-bond acceptors (Lipinski definition) is 7. The van der Waals surface area contributed by atoms with Crippen LogP contribution in [0, 0.1) is 0 Å². The van der Waals surface area contributed by atoms with Crippen LogP contribution in [0.25, 0.3) is 11.2 Å². The van der Waals surface area contributed by atoms with Crippen LogP contribution in [0.2, 0.25) is 0 Å². The first-order valence-corrected chi connectivity index (χ1v) is 11.2. The summed E-state index contributed by atoms with van der Waals surface area (Å²) in [6.07, 6.45) is 0.0948. The molecule has 3 rings (SSSR count). The highest BCUT2D eigenvalue weighted by Gasteiger charge is 2.17. The molecule has 3 aromatic rings. The molecule has 9 nitrogen and oxygen atoms in total. The fourth-order valence-electron chi connectivity index (χ4n) is 2.74. The van der Waals surface area contributed by atoms with Crippen molar-refractivity contribution in [3.63, 3.8) is 0 Å². The molecule has 0 bridgehead atoms. The Labute approximate surface area is 197 Å². The summed E-state index contributed by atoms with van der Waals surface area (Å²) in [5.41, 5.74) is 7.69. The summed E-state index contributed by atoms with van der Waals surface area (Å²) in [6, 6.07) is 8.13. The summed E-state index contributed by atoms with van der Waals surface area (Å²) in [4.78, 5) is 24.8. The summed E-state index contributed by atoms with van der Waals surface area (Å²) in [5, 5.41) is 2.68. The Balaban J connectivity index is 1.65. The summed E-state index contributed by atoms with van der Waals surface area (Å²) in [5.74, 6) is 0.237. The van der Waals surface area contributed by atoms with E-state index in [1.165, 1.54) is 0 Å². The summed E-state index contributed by atoms with van der Waals surface area (Å²) < 4.78 is 14.3. The zero-order valence-corrected chi connectivity index (χ0v) is 20.7. The van der Waals surface area contributed by atoms with Gasteiger partial charge in [0.2, 0.25) is 0 Å². The number of alkyl carbamates (subject to hydrolysis) is 1. The number of anilines is 1. The Morgan fingerprint density at radius 3 is 2.71 bits per heavy atom. The number of benzene rings is 1. The van der Waals surface area contributed by atoms with Crippen LogP contribution in [0.4, 0.5) is 10.6 Å². The first-order chi connectivity index (χ1) is 14.6. The van der Waals surface area contributed by atoms with Gasteiger partial charge in [-0.1, -0.05) is 28.1 Å². The van der Waals surface area contributed by atoms with Gasteiger partial charge >= 0.3 is 12.1 Å². The van der Waals surface area contributed by atoms with Gasteiger partial charge in [0, 0.05) is 11.0 Å². The molecule has 0 atom stereocenters. The van der Waals surface area contributed by atoms with Gasteiger partial charge in [-0.15, -0.1) is 0 Å². The Bertz CT molecular complexity index is 1080. The second-order valence-corrected chi connectivity index (χ2v) is 9.42. The Morgan fingerprint density at radius 1 is 1.23 bits per heavy atom. The molecule has 31 heavy (non-hydrogen) atoms. The van der Waals surface area contributed by atoms with Crippen molar-refractivity contribution in [2.45, 2.75) is 39.3 Å². The largest absolute Gasteiger partial charge is 0.463 e. The minimum Gasteiger partial charge on any atom is -0.463 e. The highest BCUT2D eigenvalue weighted by molar-refractivity contribution is 9.10. The molecule has 0 saturated carbocycles. The predicted octanol–water partition coefficient (Wildman–Crippen LogP) is 4.28. The standard InChI is InChI=1S/C20H24Br2N6O3/c1-20(2,3)31-19(29)24-8-5-9-30-18-26-15(23)14-16(27-18)28(17(22)25-14)11-12-6-4-7-13(21)10-12/h4,6-7,10H,5,8-9,11H2,1-3H3,(H,24,29)(H2,23,26,27). The smallest absolute Gasteiger partial charge is 0.407 e. The molecule has 0 fully saturated rings. The molecule has 2 heterocycles. The predicted molar refractivity (Wildman–Crippen MR) is 125 cm³/mol. The van der Waals surface area contributed by atoms with Crippen LogP contribution in [0.5, 0.6) is 6.01 Å². The number of carbonyl (C=O) groups is 1. The van der Waals surface area contributed by atoms with E-state index in [4.69, 9.17) is 15.2 Å². The number of nitrogens with zero attached hydrogens (tertiary/aromatic N) is 4. The van der Waals surface area contributed by atoms with Gasteiger partial charge in [-0.2, -0.15) is 9.97 Å². The van der Waals surface area contributed by atoms with E-state index in [1.807, 2.05) is 49.6 Å². The lowest BCUT2D eigenvalue weighted by Crippen LogP contribution is -2.33. The minimum atomic E-state index is -0.533. The van der Waals surface area contributed by atoms with Crippen molar-refractivity contribution in [3.05, 3.63) is 39.0 Å². The lowest BCUT2D eigenvalue weighted by Gasteiger charge is -2.19. The van der Waals surface area contributed by atoms with Crippen LogP contribution in [0.15, 0.2) is 33.5 Å². The monoisotopic (exact) mass is 554 g/mol. The number of nitrogens with one attached hydrogen (secondary N) is 1. The zero-order valence-electron chi connectivity index (χ0n) is 17.5. The highest BCUT2D eigenvalue weighted by Crippen LogP contribution is 2.26. The van der Waals surface area contributed by atoms with Crippen molar-refractivity contribution < 1.29 is 14.3 Å². The van der Waals surface area contributed by atoms with E-state index in [-0.39, 0.29) is 11.8 Å². The van der Waals surface area contributed by atoms with E-state index in [2.05, 4.69) is 52.1 Å². The number of amides is 1. The average Bonchev–Trinajstić information content (AvgIpc) is 2.96. The maximum absolute atomic E-state index is 11.7. The minimum absolute atomic E-state index is 0.158. The number of nitrogens with two attached hydrogens (primary N) is 1. The molecule has 166 valence electrons. The van der Waals surface area contributed by atoms with Gasteiger partial charge in [0.15, 0.2) is 21.7 Å². The molecule has 3 N–H and O–H groups in total. The third kappa shape index (κ3) is 6.54. The van der Waals surface area contributed by atoms with Gasteiger partial charge in [0.25, 0.3) is 0 Å². The lowest BCUT2D eigenvalue weighted by atomic mass is 10.2. The quantitative estimate of drug-likeness (QED) is 0.330. The number of carbonyl (C=O) groups excluding carboxylic acids is 1. The van der Waals surface area contributed by atoms with Gasteiger partial charge in [0.05, 0.1) is 13.2 Å². The Morgan fingerprint density at radius 2 is 2.00 bits per heavy atom. The molecular formula is C20H24Br2N6O3. The number of ether oxygens (including phenoxy) is 2. The number of fused-ring (bicyclic) bond motifs is 1. The summed E-state index contributed by atoms with van der Waals surface area (Å²) >= 11 is 6.96. The van der Waals surface area contributed by atoms with Crippen LogP contribution in [0.1, 0.15) is 32.8 Å². The van der Waals surface area contributed by atoms with Crippen LogP contribution >= 0.6 is 31.9 Å². The maximum atomic E-state index is 11.7. The van der Waals surface area contributed by atoms with Gasteiger partial charge < -0.3 is 20.5 Å². The van der Waals surface area contributed by atoms with Crippen molar-refractivity contribution in [2.24, 2.45) is 0 Å². The number of halogens is 2. The molecule has 0 aliphatic heterocycles. The average molecular weight is 556 g/mol. The third-order valence-electron chi connectivity index (χ3n) is 4.00. The van der Waals surface area contributed by atoms with Crippen molar-refractivity contribution in [3.8, 4) is 6.01 Å². The summed E-state index contributed by atoms with van der Waals surface area (Å²) in [7, 11) is 0. The van der Waals surface area contributed by atoms with Crippen molar-refractivity contribution >= 4 is 54.9 Å². The van der Waals surface area contributed by atoms with Crippen molar-refractivity contribution in [1.82, 2.24) is 24.8 Å². The van der Waals surface area contributed by atoms with Crippen LogP contribution in [0.3, 0.4) is 0 Å². The van der Waals surface area contributed by atoms with Crippen LogP contribution in [-0.2, 0) is 11.3 Å². The molecule has 0 saturated heterocycles. The fourth-order valence-corrected chi connectivity index (χ4v) is 3.65. The second-order valence-electron chi connectivity index (χ2n) is 7.79. The van der Waals surface area contributed by atoms with Gasteiger partial charge in [-0.05, 0) is 60.8 Å². The van der Waals surface area contributed by atoms with Gasteiger partial charge in [0.1, 0.15) is 5.60 Å². The van der Waals surface area contributed by atoms with Crippen molar-refractivity contribution in [2.75, 3.05) is 18.9 Å². The van der Waals surface area contributed by atoms with Crippen LogP contribution < -0.4 is 15.8 Å². The zero-order chi connectivity index (χ0) is 22.6. The molecule has 1 aromatic carbocycles. The molecule has 0 unspecified atom stereocenters. The number of aromatic nitrogens is 4. The number of imidazole rings is 1. The molecule has 2 aromatic heterocycles. The third-order valence-corrected chi connectivity index (χ3v) is 5.10. The topological polar surface area (TPSA) is 117 Å². The molecule has 0 aliphatic rings. The SMILES string of the molecule is CC(C)(C)OC(=O)NCCCOc1nc(N)c2nc(Br)n(Cc3cccc(Br)c3)c2n1. The first-order valence-electron chi connectivity index (χ1n) is 9.66. The van der Waals surface area contributed by atoms with Gasteiger partial charge in [-0.25, -0.2) is 9.78 Å². The molecule has 0 aliphatic carbocycles. The molecule has 0 spiro atoms. The van der Waals surface area contributed by atoms with E-state index in [1.54, 1.807) is 0 Å². The fraction of sp³-hybridized carbons (Fsp3) is 0.400. The molecule has 11 heteroatoms. The Hall–Kier alpha value is -2.40. The van der Waals surface area contributed by atoms with Crippen molar-refractivity contribution in [1.29, 1.82) is 0 Å². The first kappa shape index (κ1) is 23.3. The van der Waals surface area contributed by atoms with Gasteiger partial charge in [-0.3, -0.25) is 4.57 Å². The number of hydrogen-bond donors (Lipinski definition) is 2. The summed E-state index contributed by atoms with van der Waals surface area (Å²) in [6.45, 7) is 6.70. The van der Waals surface area contributed by atoms with E-state index >= 15 is 0 Å². The van der Waals surface area contributed by atoms with E-state index in [0.717, 1.165) is 10.0 Å². The normalized spacial score (nSPS) is 11.5. The number of nitrogen functional groups attached to an aromatic ring is 1. The van der Waals surface area contributed by atoms with Crippen LogP contribution in [-0.4, -0.2) is 44.4 Å². The van der Waals surface area contributed by atoms with E-state index < -0.39 is 11.7 Å². The van der Waals surface area contributed by atoms with E-state index in [9.17, 15) is 4.79 Å². The Kier molecular flexibility index (Phi) is 7.37. The maximum Gasteiger partial charge on any atom is 0.407 e. The molecular weight excluding hydrogens is 532 g/mol. The highest BCUT2D eigenvalue weighted by atomic mass is 79.9. The second kappa shape index (κ2) is 9.82. The number of rotatable bonds is 7. The lowest BCUT2D eigenvalue weighted by molar-refractivity contribution is 0.0525. The van der Waals surface area contributed by atoms with E-state index in [0.29, 0.717) is 42.0 Å². The molecule has 0 radical (unpaired) electrons.